The van der Waals surface area contributed by atoms with Crippen molar-refractivity contribution in [2.24, 2.45) is 5.73 Å². The van der Waals surface area contributed by atoms with Crippen LogP contribution < -0.4 is 10.5 Å². The standard InChI is InChI=1S/C23H18Cl2N2O4/c24-16-9-13(11-18(26)23(28)29)10-17(25)21(16)30-12-15-7-4-8-19-20(15)31-22(27-19)14-5-2-1-3-6-14/h1-10,18H,11-12,26H2,(H,28,29). The number of rotatable bonds is 7. The SMILES string of the molecule is NC(Cc1cc(Cl)c(OCc2cccc3nc(-c4ccccc4)oc23)c(Cl)c1)C(=O)O. The molecule has 4 aromatic rings. The topological polar surface area (TPSA) is 98.6 Å². The maximum Gasteiger partial charge on any atom is 0.320 e. The number of oxazole rings is 1. The number of aromatic nitrogens is 1. The van der Waals surface area contributed by atoms with E-state index in [1.807, 2.05) is 48.5 Å². The summed E-state index contributed by atoms with van der Waals surface area (Å²) in [6.45, 7) is 0.161. The van der Waals surface area contributed by atoms with Gasteiger partial charge in [-0.2, -0.15) is 0 Å². The molecule has 8 heteroatoms. The third-order valence-corrected chi connectivity index (χ3v) is 5.28. The van der Waals surface area contributed by atoms with Gasteiger partial charge in [0.25, 0.3) is 0 Å². The Kier molecular flexibility index (Phi) is 6.13. The molecule has 0 aliphatic carbocycles. The number of aliphatic carboxylic acids is 1. The van der Waals surface area contributed by atoms with Gasteiger partial charge in [0, 0.05) is 11.1 Å². The number of benzene rings is 3. The predicted molar refractivity (Wildman–Crippen MR) is 120 cm³/mol. The van der Waals surface area contributed by atoms with E-state index in [9.17, 15) is 4.79 Å². The number of hydrogen-bond acceptors (Lipinski definition) is 5. The fraction of sp³-hybridized carbons (Fsp3) is 0.130. The van der Waals surface area contributed by atoms with E-state index in [-0.39, 0.29) is 23.1 Å². The van der Waals surface area contributed by atoms with Crippen molar-refractivity contribution in [3.63, 3.8) is 0 Å². The van der Waals surface area contributed by atoms with Gasteiger partial charge in [0.1, 0.15) is 18.2 Å². The highest BCUT2D eigenvalue weighted by atomic mass is 35.5. The molecule has 31 heavy (non-hydrogen) atoms. The van der Waals surface area contributed by atoms with Crippen LogP contribution >= 0.6 is 23.2 Å². The maximum atomic E-state index is 11.0. The lowest BCUT2D eigenvalue weighted by Crippen LogP contribution is -2.32. The van der Waals surface area contributed by atoms with Crippen LogP contribution in [0.15, 0.2) is 65.1 Å². The molecule has 1 aromatic heterocycles. The molecule has 0 saturated carbocycles. The van der Waals surface area contributed by atoms with Gasteiger partial charge in [0.15, 0.2) is 11.3 Å². The average Bonchev–Trinajstić information content (AvgIpc) is 3.19. The van der Waals surface area contributed by atoms with Gasteiger partial charge in [-0.05, 0) is 42.3 Å². The quantitative estimate of drug-likeness (QED) is 0.389. The molecule has 1 atom stereocenters. The molecule has 0 aliphatic rings. The van der Waals surface area contributed by atoms with Gasteiger partial charge >= 0.3 is 5.97 Å². The number of hydrogen-bond donors (Lipinski definition) is 2. The zero-order chi connectivity index (χ0) is 22.0. The second-order valence-corrected chi connectivity index (χ2v) is 7.79. The third-order valence-electron chi connectivity index (χ3n) is 4.72. The summed E-state index contributed by atoms with van der Waals surface area (Å²) >= 11 is 12.7. The van der Waals surface area contributed by atoms with Crippen LogP contribution in [-0.2, 0) is 17.8 Å². The second-order valence-electron chi connectivity index (χ2n) is 6.98. The highest BCUT2D eigenvalue weighted by Gasteiger charge is 2.17. The van der Waals surface area contributed by atoms with Gasteiger partial charge in [-0.3, -0.25) is 4.79 Å². The molecule has 0 radical (unpaired) electrons. The molecule has 0 aliphatic heterocycles. The van der Waals surface area contributed by atoms with Crippen LogP contribution in [0.1, 0.15) is 11.1 Å². The fourth-order valence-electron chi connectivity index (χ4n) is 3.18. The van der Waals surface area contributed by atoms with Gasteiger partial charge in [-0.1, -0.05) is 53.5 Å². The largest absolute Gasteiger partial charge is 0.486 e. The fourth-order valence-corrected chi connectivity index (χ4v) is 3.82. The first-order valence-corrected chi connectivity index (χ1v) is 10.2. The number of ether oxygens (including phenoxy) is 1. The Morgan fingerprint density at radius 3 is 2.48 bits per heavy atom. The molecule has 0 saturated heterocycles. The first-order chi connectivity index (χ1) is 14.9. The molecule has 0 bridgehead atoms. The number of carboxylic acids is 1. The second kappa shape index (κ2) is 8.98. The lowest BCUT2D eigenvalue weighted by Gasteiger charge is -2.13. The van der Waals surface area contributed by atoms with Gasteiger partial charge in [-0.25, -0.2) is 4.98 Å². The maximum absolute atomic E-state index is 11.0. The van der Waals surface area contributed by atoms with Gasteiger partial charge < -0.3 is 20.0 Å². The number of para-hydroxylation sites is 1. The highest BCUT2D eigenvalue weighted by Crippen LogP contribution is 2.36. The monoisotopic (exact) mass is 456 g/mol. The van der Waals surface area contributed by atoms with Crippen LogP contribution in [0.5, 0.6) is 5.75 Å². The molecule has 0 fully saturated rings. The lowest BCUT2D eigenvalue weighted by atomic mass is 10.1. The zero-order valence-corrected chi connectivity index (χ0v) is 17.7. The predicted octanol–water partition coefficient (Wildman–Crippen LogP) is 5.34. The van der Waals surface area contributed by atoms with Crippen LogP contribution in [0.25, 0.3) is 22.6 Å². The van der Waals surface area contributed by atoms with Crippen molar-refractivity contribution in [1.29, 1.82) is 0 Å². The Hall–Kier alpha value is -3.06. The van der Waals surface area contributed by atoms with Gasteiger partial charge in [0.05, 0.1) is 10.0 Å². The zero-order valence-electron chi connectivity index (χ0n) is 16.2. The summed E-state index contributed by atoms with van der Waals surface area (Å²) in [5, 5.41) is 9.52. The molecule has 0 amide bonds. The first kappa shape index (κ1) is 21.2. The number of nitrogens with two attached hydrogens (primary N) is 1. The Morgan fingerprint density at radius 2 is 1.81 bits per heavy atom. The van der Waals surface area contributed by atoms with Crippen LogP contribution in [0, 0.1) is 0 Å². The smallest absolute Gasteiger partial charge is 0.320 e. The molecule has 6 nitrogen and oxygen atoms in total. The van der Waals surface area contributed by atoms with Gasteiger partial charge in [0.2, 0.25) is 5.89 Å². The van der Waals surface area contributed by atoms with Gasteiger partial charge in [-0.15, -0.1) is 0 Å². The molecule has 0 spiro atoms. The lowest BCUT2D eigenvalue weighted by molar-refractivity contribution is -0.138. The minimum Gasteiger partial charge on any atom is -0.486 e. The van der Waals surface area contributed by atoms with E-state index in [1.54, 1.807) is 12.1 Å². The summed E-state index contributed by atoms with van der Waals surface area (Å²) in [7, 11) is 0. The molecule has 3 aromatic carbocycles. The molecular weight excluding hydrogens is 439 g/mol. The van der Waals surface area contributed by atoms with E-state index >= 15 is 0 Å². The molecule has 3 N–H and O–H groups in total. The Morgan fingerprint density at radius 1 is 1.10 bits per heavy atom. The van der Waals surface area contributed by atoms with E-state index in [0.29, 0.717) is 22.8 Å². The van der Waals surface area contributed by atoms with Crippen LogP contribution in [-0.4, -0.2) is 22.1 Å². The van der Waals surface area contributed by atoms with E-state index in [0.717, 1.165) is 16.6 Å². The van der Waals surface area contributed by atoms with E-state index in [1.165, 1.54) is 0 Å². The average molecular weight is 457 g/mol. The summed E-state index contributed by atoms with van der Waals surface area (Å²) in [4.78, 5) is 15.5. The van der Waals surface area contributed by atoms with E-state index in [4.69, 9.17) is 43.2 Å². The van der Waals surface area contributed by atoms with Crippen molar-refractivity contribution < 1.29 is 19.1 Å². The number of halogens is 2. The summed E-state index contributed by atoms with van der Waals surface area (Å²) < 4.78 is 11.9. The Bertz CT molecular complexity index is 1220. The third kappa shape index (κ3) is 4.66. The van der Waals surface area contributed by atoms with Crippen molar-refractivity contribution >= 4 is 40.3 Å². The highest BCUT2D eigenvalue weighted by molar-refractivity contribution is 6.37. The summed E-state index contributed by atoms with van der Waals surface area (Å²) in [5.41, 5.74) is 9.21. The van der Waals surface area contributed by atoms with Crippen molar-refractivity contribution in [2.45, 2.75) is 19.1 Å². The molecule has 158 valence electrons. The minimum absolute atomic E-state index is 0.106. The molecular formula is C23H18Cl2N2O4. The Labute approximate surface area is 188 Å². The van der Waals surface area contributed by atoms with Crippen molar-refractivity contribution in [3.05, 3.63) is 81.8 Å². The number of carbonyl (C=O) groups is 1. The molecule has 4 rings (SSSR count). The van der Waals surface area contributed by atoms with Crippen molar-refractivity contribution in [3.8, 4) is 17.2 Å². The first-order valence-electron chi connectivity index (χ1n) is 9.45. The normalized spacial score (nSPS) is 12.1. The summed E-state index contributed by atoms with van der Waals surface area (Å²) in [6, 6.07) is 17.4. The number of nitrogens with zero attached hydrogens (tertiary/aromatic N) is 1. The molecule has 1 heterocycles. The molecule has 1 unspecified atom stereocenters. The summed E-state index contributed by atoms with van der Waals surface area (Å²) in [6.07, 6.45) is 0.106. The van der Waals surface area contributed by atoms with Crippen LogP contribution in [0.3, 0.4) is 0 Å². The summed E-state index contributed by atoms with van der Waals surface area (Å²) in [5.74, 6) is -0.267. The van der Waals surface area contributed by atoms with Crippen LogP contribution in [0.4, 0.5) is 0 Å². The Balaban J connectivity index is 1.57. The van der Waals surface area contributed by atoms with Crippen molar-refractivity contribution in [2.75, 3.05) is 0 Å². The van der Waals surface area contributed by atoms with Crippen LogP contribution in [0.2, 0.25) is 10.0 Å². The minimum atomic E-state index is -1.09. The number of fused-ring (bicyclic) bond motifs is 1. The van der Waals surface area contributed by atoms with E-state index < -0.39 is 12.0 Å². The van der Waals surface area contributed by atoms with E-state index in [2.05, 4.69) is 4.98 Å². The van der Waals surface area contributed by atoms with Crippen molar-refractivity contribution in [1.82, 2.24) is 4.98 Å². The number of carboxylic acid groups (broad SMARTS) is 1.